The molecule has 5 nitrogen and oxygen atoms in total. The van der Waals surface area contributed by atoms with Gasteiger partial charge in [-0.15, -0.1) is 0 Å². The van der Waals surface area contributed by atoms with E-state index in [4.69, 9.17) is 21.8 Å². The molecule has 0 spiro atoms. The third kappa shape index (κ3) is 7.45. The van der Waals surface area contributed by atoms with E-state index in [0.717, 1.165) is 22.7 Å². The van der Waals surface area contributed by atoms with Crippen molar-refractivity contribution < 1.29 is 19.8 Å². The second-order valence-electron chi connectivity index (χ2n) is 6.39. The molecule has 3 rings (SSSR count). The molecule has 0 fully saturated rings. The van der Waals surface area contributed by atoms with Crippen LogP contribution < -0.4 is 0 Å². The summed E-state index contributed by atoms with van der Waals surface area (Å²) in [5, 5.41) is 16.4. The molecule has 7 heteroatoms. The summed E-state index contributed by atoms with van der Waals surface area (Å²) in [5.74, 6) is 4.03. The van der Waals surface area contributed by atoms with Crippen molar-refractivity contribution in [1.29, 1.82) is 0 Å². The summed E-state index contributed by atoms with van der Waals surface area (Å²) in [4.78, 5) is 23.6. The molecule has 2 aromatic rings. The SMILES string of the molecule is CN(C)CC#CC1=Cc2ccccc2Sc2ccc(Cl)cc21.O=C(O)C=CC(=O)O. The van der Waals surface area contributed by atoms with E-state index in [1.54, 1.807) is 11.8 Å². The molecule has 1 aliphatic heterocycles. The number of rotatable bonds is 3. The van der Waals surface area contributed by atoms with E-state index in [0.29, 0.717) is 12.2 Å². The highest BCUT2D eigenvalue weighted by Crippen LogP contribution is 2.41. The van der Waals surface area contributed by atoms with Crippen LogP contribution in [-0.2, 0) is 9.59 Å². The molecule has 1 aliphatic rings. The van der Waals surface area contributed by atoms with Gasteiger partial charge in [0.25, 0.3) is 0 Å². The van der Waals surface area contributed by atoms with Crippen LogP contribution in [0.1, 0.15) is 11.1 Å². The molecule has 30 heavy (non-hydrogen) atoms. The molecule has 0 aliphatic carbocycles. The highest BCUT2D eigenvalue weighted by molar-refractivity contribution is 7.99. The maximum absolute atomic E-state index is 9.55. The van der Waals surface area contributed by atoms with Gasteiger partial charge in [0.05, 0.1) is 6.54 Å². The highest BCUT2D eigenvalue weighted by atomic mass is 35.5. The van der Waals surface area contributed by atoms with Gasteiger partial charge in [-0.05, 0) is 50.0 Å². The van der Waals surface area contributed by atoms with Crippen LogP contribution in [0.25, 0.3) is 11.6 Å². The van der Waals surface area contributed by atoms with Crippen LogP contribution in [0.4, 0.5) is 0 Å². The van der Waals surface area contributed by atoms with Gasteiger partial charge in [-0.25, -0.2) is 9.59 Å². The van der Waals surface area contributed by atoms with E-state index in [2.05, 4.69) is 53.1 Å². The first kappa shape index (κ1) is 23.3. The fraction of sp³-hybridized carbons (Fsp3) is 0.130. The third-order valence-corrected chi connectivity index (χ3v) is 5.06. The Morgan fingerprint density at radius 2 is 1.73 bits per heavy atom. The maximum atomic E-state index is 9.55. The molecule has 0 bridgehead atoms. The number of benzene rings is 2. The topological polar surface area (TPSA) is 77.8 Å². The molecular weight excluding hydrogens is 422 g/mol. The number of hydrogen-bond acceptors (Lipinski definition) is 4. The van der Waals surface area contributed by atoms with Crippen LogP contribution in [0, 0.1) is 11.8 Å². The van der Waals surface area contributed by atoms with Crippen LogP contribution in [0.3, 0.4) is 0 Å². The van der Waals surface area contributed by atoms with Crippen molar-refractivity contribution in [1.82, 2.24) is 4.90 Å². The predicted molar refractivity (Wildman–Crippen MR) is 121 cm³/mol. The van der Waals surface area contributed by atoms with Crippen molar-refractivity contribution in [3.05, 3.63) is 70.8 Å². The van der Waals surface area contributed by atoms with E-state index in [9.17, 15) is 9.59 Å². The van der Waals surface area contributed by atoms with E-state index in [-0.39, 0.29) is 0 Å². The lowest BCUT2D eigenvalue weighted by Crippen LogP contribution is -2.10. The van der Waals surface area contributed by atoms with Crippen LogP contribution in [-0.4, -0.2) is 47.7 Å². The van der Waals surface area contributed by atoms with Gasteiger partial charge in [-0.3, -0.25) is 4.90 Å². The number of allylic oxidation sites excluding steroid dienone is 1. The summed E-state index contributed by atoms with van der Waals surface area (Å²) in [6.07, 6.45) is 3.28. The molecule has 0 radical (unpaired) electrons. The Morgan fingerprint density at radius 1 is 1.07 bits per heavy atom. The fourth-order valence-electron chi connectivity index (χ4n) is 2.38. The first-order chi connectivity index (χ1) is 14.3. The average molecular weight is 442 g/mol. The zero-order valence-corrected chi connectivity index (χ0v) is 18.0. The maximum Gasteiger partial charge on any atom is 0.328 e. The van der Waals surface area contributed by atoms with Crippen molar-refractivity contribution in [2.24, 2.45) is 0 Å². The minimum atomic E-state index is -1.26. The number of carboxylic acid groups (broad SMARTS) is 2. The normalized spacial score (nSPS) is 11.8. The smallest absolute Gasteiger partial charge is 0.328 e. The summed E-state index contributed by atoms with van der Waals surface area (Å²) in [5.41, 5.74) is 3.34. The van der Waals surface area contributed by atoms with E-state index >= 15 is 0 Å². The van der Waals surface area contributed by atoms with Crippen LogP contribution >= 0.6 is 23.4 Å². The van der Waals surface area contributed by atoms with E-state index in [1.165, 1.54) is 15.4 Å². The highest BCUT2D eigenvalue weighted by Gasteiger charge is 2.15. The number of aliphatic carboxylic acids is 2. The van der Waals surface area contributed by atoms with Gasteiger partial charge in [0, 0.05) is 38.1 Å². The molecule has 0 saturated carbocycles. The van der Waals surface area contributed by atoms with Gasteiger partial charge in [0.15, 0.2) is 0 Å². The standard InChI is InChI=1S/C19H16ClNS.C4H4O4/c1-21(2)11-5-7-14-12-15-6-3-4-8-18(15)22-19-10-9-16(20)13-17(14)19;5-3(6)1-2-4(7)8/h3-4,6,8-10,12-13H,11H2,1-2H3;1-2H,(H,5,6)(H,7,8). The quantitative estimate of drug-likeness (QED) is 0.534. The molecule has 0 unspecified atom stereocenters. The lowest BCUT2D eigenvalue weighted by atomic mass is 10.0. The fourth-order valence-corrected chi connectivity index (χ4v) is 3.60. The van der Waals surface area contributed by atoms with Crippen molar-refractivity contribution in [3.63, 3.8) is 0 Å². The molecule has 0 atom stereocenters. The Labute approximate surface area is 184 Å². The number of halogens is 1. The zero-order chi connectivity index (χ0) is 22.1. The van der Waals surface area contributed by atoms with Crippen molar-refractivity contribution in [2.75, 3.05) is 20.6 Å². The van der Waals surface area contributed by atoms with Gasteiger partial charge < -0.3 is 10.2 Å². The Bertz CT molecular complexity index is 1050. The van der Waals surface area contributed by atoms with E-state index < -0.39 is 11.9 Å². The Kier molecular flexibility index (Phi) is 8.75. The average Bonchev–Trinajstić information content (AvgIpc) is 2.83. The number of hydrogen-bond donors (Lipinski definition) is 2. The minimum Gasteiger partial charge on any atom is -0.478 e. The zero-order valence-electron chi connectivity index (χ0n) is 16.4. The number of fused-ring (bicyclic) bond motifs is 2. The second-order valence-corrected chi connectivity index (χ2v) is 7.91. The Balaban J connectivity index is 0.000000343. The van der Waals surface area contributed by atoms with Crippen LogP contribution in [0.5, 0.6) is 0 Å². The van der Waals surface area contributed by atoms with Crippen molar-refractivity contribution in [3.8, 4) is 11.8 Å². The van der Waals surface area contributed by atoms with Gasteiger partial charge >= 0.3 is 11.9 Å². The summed E-state index contributed by atoms with van der Waals surface area (Å²) in [7, 11) is 4.04. The summed E-state index contributed by atoms with van der Waals surface area (Å²) in [6.45, 7) is 0.738. The molecule has 2 N–H and O–H groups in total. The number of carboxylic acids is 2. The van der Waals surface area contributed by atoms with Gasteiger partial charge in [0.1, 0.15) is 0 Å². The van der Waals surface area contributed by atoms with Gasteiger partial charge in [-0.2, -0.15) is 0 Å². The number of carbonyl (C=O) groups is 2. The second kappa shape index (κ2) is 11.3. The lowest BCUT2D eigenvalue weighted by Gasteiger charge is -2.07. The third-order valence-electron chi connectivity index (χ3n) is 3.66. The minimum absolute atomic E-state index is 0.558. The first-order valence-electron chi connectivity index (χ1n) is 8.82. The molecule has 1 heterocycles. The monoisotopic (exact) mass is 441 g/mol. The lowest BCUT2D eigenvalue weighted by molar-refractivity contribution is -0.134. The first-order valence-corrected chi connectivity index (χ1v) is 10.0. The summed E-state index contributed by atoms with van der Waals surface area (Å²) >= 11 is 7.96. The van der Waals surface area contributed by atoms with Crippen molar-refractivity contribution in [2.45, 2.75) is 9.79 Å². The summed E-state index contributed by atoms with van der Waals surface area (Å²) in [6, 6.07) is 14.4. The van der Waals surface area contributed by atoms with Crippen LogP contribution in [0.2, 0.25) is 5.02 Å². The Hall–Kier alpha value is -2.98. The van der Waals surface area contributed by atoms with Crippen LogP contribution in [0.15, 0.2) is 64.4 Å². The molecule has 154 valence electrons. The van der Waals surface area contributed by atoms with Gasteiger partial charge in [0.2, 0.25) is 0 Å². The van der Waals surface area contributed by atoms with Gasteiger partial charge in [-0.1, -0.05) is 53.4 Å². The predicted octanol–water partition coefficient (Wildman–Crippen LogP) is 4.62. The summed E-state index contributed by atoms with van der Waals surface area (Å²) < 4.78 is 0. The molecule has 0 aromatic heterocycles. The molecular formula is C23H20ClNO4S. The number of nitrogens with zero attached hydrogens (tertiary/aromatic N) is 1. The molecule has 2 aromatic carbocycles. The molecule has 0 saturated heterocycles. The molecule has 0 amide bonds. The van der Waals surface area contributed by atoms with E-state index in [1.807, 2.05) is 26.2 Å². The Morgan fingerprint density at radius 3 is 2.37 bits per heavy atom. The largest absolute Gasteiger partial charge is 0.478 e. The van der Waals surface area contributed by atoms with Crippen molar-refractivity contribution >= 4 is 47.0 Å².